The molecule has 0 aromatic heterocycles. The van der Waals surface area contributed by atoms with Crippen LogP contribution in [0.2, 0.25) is 0 Å². The van der Waals surface area contributed by atoms with Gasteiger partial charge in [-0.15, -0.1) is 0 Å². The average Bonchev–Trinajstić information content (AvgIpc) is 2.79. The normalized spacial score (nSPS) is 17.6. The van der Waals surface area contributed by atoms with Crippen molar-refractivity contribution in [2.75, 3.05) is 33.2 Å². The molecule has 4 rings (SSSR count). The minimum Gasteiger partial charge on any atom is -0.435 e. The van der Waals surface area contributed by atoms with Crippen molar-refractivity contribution in [2.24, 2.45) is 0 Å². The van der Waals surface area contributed by atoms with E-state index >= 15 is 0 Å². The summed E-state index contributed by atoms with van der Waals surface area (Å²) >= 11 is 0. The third-order valence-electron chi connectivity index (χ3n) is 6.13. The van der Waals surface area contributed by atoms with E-state index in [0.717, 1.165) is 43.9 Å². The van der Waals surface area contributed by atoms with Crippen LogP contribution in [-0.4, -0.2) is 58.1 Å². The monoisotopic (exact) mass is 477 g/mol. The summed E-state index contributed by atoms with van der Waals surface area (Å²) < 4.78 is 57.6. The Labute approximate surface area is 193 Å². The van der Waals surface area contributed by atoms with Gasteiger partial charge in [0.05, 0.1) is 4.91 Å². The molecule has 0 radical (unpaired) electrons. The Kier molecular flexibility index (Phi) is 7.43. The van der Waals surface area contributed by atoms with Gasteiger partial charge in [-0.1, -0.05) is 30.3 Å². The molecule has 1 aliphatic heterocycles. The number of fused-ring (bicyclic) bond motifs is 1. The van der Waals surface area contributed by atoms with E-state index in [1.807, 2.05) is 12.1 Å². The van der Waals surface area contributed by atoms with Gasteiger partial charge in [-0.3, -0.25) is 4.90 Å². The predicted octanol–water partition coefficient (Wildman–Crippen LogP) is 3.44. The van der Waals surface area contributed by atoms with E-state index in [1.54, 1.807) is 18.2 Å². The Morgan fingerprint density at radius 2 is 1.70 bits per heavy atom. The summed E-state index contributed by atoms with van der Waals surface area (Å²) in [5.41, 5.74) is 3.61. The van der Waals surface area contributed by atoms with E-state index in [1.165, 1.54) is 11.6 Å². The van der Waals surface area contributed by atoms with Crippen LogP contribution in [0, 0.1) is 0 Å². The maximum Gasteiger partial charge on any atom is 0.387 e. The lowest BCUT2D eigenvalue weighted by atomic mass is 9.97. The van der Waals surface area contributed by atoms with E-state index in [9.17, 15) is 17.2 Å². The molecule has 33 heavy (non-hydrogen) atoms. The fraction of sp³-hybridized carbons (Fsp3) is 0.417. The molecule has 0 spiro atoms. The van der Waals surface area contributed by atoms with Gasteiger partial charge in [0.25, 0.3) is 0 Å². The summed E-state index contributed by atoms with van der Waals surface area (Å²) in [5.74, 6) is 0.0812. The number of rotatable bonds is 8. The number of halogens is 2. The second-order valence-electron chi connectivity index (χ2n) is 8.57. The summed E-state index contributed by atoms with van der Waals surface area (Å²) in [6, 6.07) is 12.6. The van der Waals surface area contributed by atoms with Gasteiger partial charge in [-0.25, -0.2) is 13.1 Å². The zero-order valence-corrected chi connectivity index (χ0v) is 19.5. The van der Waals surface area contributed by atoms with E-state index in [2.05, 4.69) is 38.4 Å². The van der Waals surface area contributed by atoms with Gasteiger partial charge in [-0.05, 0) is 60.4 Å². The molecule has 0 atom stereocenters. The number of benzene rings is 2. The van der Waals surface area contributed by atoms with Gasteiger partial charge in [-0.2, -0.15) is 8.78 Å². The summed E-state index contributed by atoms with van der Waals surface area (Å²) in [4.78, 5) is 5.04. The number of likely N-dealkylation sites (N-methyl/N-ethyl adjacent to an activating group) is 1. The number of alkyl halides is 2. The predicted molar refractivity (Wildman–Crippen MR) is 124 cm³/mol. The maximum absolute atomic E-state index is 12.8. The molecule has 0 unspecified atom stereocenters. The lowest BCUT2D eigenvalue weighted by Crippen LogP contribution is -2.43. The van der Waals surface area contributed by atoms with Crippen molar-refractivity contribution in [1.82, 2.24) is 14.5 Å². The van der Waals surface area contributed by atoms with Crippen molar-refractivity contribution < 1.29 is 21.9 Å². The molecule has 0 amide bonds. The minimum absolute atomic E-state index is 0.0812. The molecule has 6 nitrogen and oxygen atoms in total. The highest BCUT2D eigenvalue weighted by Crippen LogP contribution is 2.30. The van der Waals surface area contributed by atoms with Gasteiger partial charge in [0.1, 0.15) is 5.75 Å². The fourth-order valence-corrected chi connectivity index (χ4v) is 5.32. The largest absolute Gasteiger partial charge is 0.435 e. The van der Waals surface area contributed by atoms with Gasteiger partial charge < -0.3 is 9.64 Å². The maximum atomic E-state index is 12.8. The first-order valence-corrected chi connectivity index (χ1v) is 12.5. The fourth-order valence-electron chi connectivity index (χ4n) is 4.13. The summed E-state index contributed by atoms with van der Waals surface area (Å²) in [7, 11) is -1.51. The molecule has 1 N–H and O–H groups in total. The Bertz CT molecular complexity index is 1100. The number of aryl methyl sites for hydroxylation is 1. The number of nitrogens with zero attached hydrogens (tertiary/aromatic N) is 2. The van der Waals surface area contributed by atoms with E-state index in [0.29, 0.717) is 23.3 Å². The number of hydrogen-bond donors (Lipinski definition) is 1. The lowest BCUT2D eigenvalue weighted by Gasteiger charge is -2.32. The second-order valence-corrected chi connectivity index (χ2v) is 10.4. The van der Waals surface area contributed by atoms with Crippen LogP contribution in [0.5, 0.6) is 5.75 Å². The first-order chi connectivity index (χ1) is 15.8. The van der Waals surface area contributed by atoms with Gasteiger partial charge >= 0.3 is 6.61 Å². The number of nitrogens with one attached hydrogen (secondary N) is 1. The summed E-state index contributed by atoms with van der Waals surface area (Å²) in [5, 5.41) is 0. The number of allylic oxidation sites excluding steroid dienone is 1. The van der Waals surface area contributed by atoms with Crippen LogP contribution in [0.4, 0.5) is 8.78 Å². The first kappa shape index (κ1) is 23.8. The molecule has 0 bridgehead atoms. The first-order valence-electron chi connectivity index (χ1n) is 11.1. The summed E-state index contributed by atoms with van der Waals surface area (Å²) in [6.07, 6.45) is 2.36. The zero-order chi connectivity index (χ0) is 23.4. The van der Waals surface area contributed by atoms with Crippen molar-refractivity contribution >= 4 is 16.1 Å². The molecule has 2 aliphatic rings. The molecule has 1 heterocycles. The van der Waals surface area contributed by atoms with Gasteiger partial charge in [0.15, 0.2) is 0 Å². The lowest BCUT2D eigenvalue weighted by molar-refractivity contribution is -0.0498. The highest BCUT2D eigenvalue weighted by molar-refractivity contribution is 7.93. The topological polar surface area (TPSA) is 61.9 Å². The Morgan fingerprint density at radius 1 is 1.00 bits per heavy atom. The van der Waals surface area contributed by atoms with Crippen LogP contribution in [0.3, 0.4) is 0 Å². The van der Waals surface area contributed by atoms with Crippen LogP contribution in [-0.2, 0) is 29.5 Å². The van der Waals surface area contributed by atoms with Crippen molar-refractivity contribution in [3.63, 3.8) is 0 Å². The second kappa shape index (κ2) is 10.3. The summed E-state index contributed by atoms with van der Waals surface area (Å²) in [6.45, 7) is 2.48. The Balaban J connectivity index is 1.35. The van der Waals surface area contributed by atoms with Crippen molar-refractivity contribution in [3.8, 4) is 5.75 Å². The molecule has 1 saturated heterocycles. The molecular formula is C24H29F2N3O3S. The van der Waals surface area contributed by atoms with Gasteiger partial charge in [0, 0.05) is 39.3 Å². The van der Waals surface area contributed by atoms with E-state index < -0.39 is 16.6 Å². The Morgan fingerprint density at radius 3 is 2.39 bits per heavy atom. The smallest absolute Gasteiger partial charge is 0.387 e. The van der Waals surface area contributed by atoms with Crippen LogP contribution in [0.15, 0.2) is 47.4 Å². The van der Waals surface area contributed by atoms with Crippen molar-refractivity contribution in [1.29, 1.82) is 0 Å². The molecule has 2 aromatic carbocycles. The SMILES string of the molecule is CN1CCN(Cc2ccc(CNS(=O)(=O)C3=Cc4ccc(OC(F)F)cc4CC3)cc2)CC1. The number of ether oxygens (including phenoxy) is 1. The molecule has 1 fully saturated rings. The zero-order valence-electron chi connectivity index (χ0n) is 18.6. The molecule has 2 aromatic rings. The number of sulfonamides is 1. The van der Waals surface area contributed by atoms with Crippen LogP contribution in [0.1, 0.15) is 28.7 Å². The highest BCUT2D eigenvalue weighted by Gasteiger charge is 2.22. The molecule has 178 valence electrons. The van der Waals surface area contributed by atoms with Crippen LogP contribution >= 0.6 is 0 Å². The Hall–Kier alpha value is -2.33. The third-order valence-corrected chi connectivity index (χ3v) is 7.67. The highest BCUT2D eigenvalue weighted by atomic mass is 32.2. The standard InChI is InChI=1S/C24H29F2N3O3S/c1-28-10-12-29(13-11-28)17-19-4-2-18(3-5-19)16-27-33(30,31)23-9-7-20-14-22(32-24(25)26)8-6-21(20)15-23/h2-6,8,14-15,24,27H,7,9-13,16-17H2,1H3. The molecule has 9 heteroatoms. The van der Waals surface area contributed by atoms with E-state index in [4.69, 9.17) is 0 Å². The van der Waals surface area contributed by atoms with Crippen molar-refractivity contribution in [2.45, 2.75) is 32.5 Å². The third kappa shape index (κ3) is 6.38. The quantitative estimate of drug-likeness (QED) is 0.631. The number of piperazine rings is 1. The van der Waals surface area contributed by atoms with Crippen molar-refractivity contribution in [3.05, 3.63) is 69.6 Å². The number of hydrogen-bond acceptors (Lipinski definition) is 5. The minimum atomic E-state index is -3.64. The van der Waals surface area contributed by atoms with Crippen LogP contribution in [0.25, 0.3) is 6.08 Å². The molecular weight excluding hydrogens is 448 g/mol. The van der Waals surface area contributed by atoms with Crippen LogP contribution < -0.4 is 9.46 Å². The molecule has 1 aliphatic carbocycles. The van der Waals surface area contributed by atoms with E-state index in [-0.39, 0.29) is 12.3 Å². The average molecular weight is 478 g/mol. The van der Waals surface area contributed by atoms with Gasteiger partial charge in [0.2, 0.25) is 10.0 Å². The molecule has 0 saturated carbocycles.